The molecule has 0 saturated carbocycles. The summed E-state index contributed by atoms with van der Waals surface area (Å²) in [5.41, 5.74) is 2.79. The lowest BCUT2D eigenvalue weighted by Gasteiger charge is -2.13. The maximum absolute atomic E-state index is 9.23. The highest BCUT2D eigenvalue weighted by Crippen LogP contribution is 2.33. The molecule has 0 bridgehead atoms. The molecule has 0 N–H and O–H groups in total. The Balaban J connectivity index is 2.43. The molecule has 0 spiro atoms. The fraction of sp³-hybridized carbons (Fsp3) is 0.235. The molecule has 0 heterocycles. The van der Waals surface area contributed by atoms with Crippen molar-refractivity contribution >= 4 is 15.9 Å². The van der Waals surface area contributed by atoms with Gasteiger partial charge in [0, 0.05) is 4.47 Å². The Morgan fingerprint density at radius 3 is 2.55 bits per heavy atom. The van der Waals surface area contributed by atoms with E-state index in [1.54, 1.807) is 0 Å². The van der Waals surface area contributed by atoms with E-state index in [2.05, 4.69) is 48.0 Å². The largest absolute Gasteiger partial charge is 0.456 e. The van der Waals surface area contributed by atoms with Gasteiger partial charge in [-0.2, -0.15) is 5.26 Å². The van der Waals surface area contributed by atoms with Crippen molar-refractivity contribution in [1.29, 1.82) is 5.26 Å². The van der Waals surface area contributed by atoms with Crippen molar-refractivity contribution in [2.75, 3.05) is 0 Å². The number of halogens is 1. The first kappa shape index (κ1) is 14.6. The molecule has 2 aromatic carbocycles. The molecule has 0 atom stereocenters. The molecular formula is C17H16BrNO. The highest BCUT2D eigenvalue weighted by atomic mass is 79.9. The lowest BCUT2D eigenvalue weighted by molar-refractivity contribution is 0.476. The van der Waals surface area contributed by atoms with Crippen molar-refractivity contribution in [3.8, 4) is 17.6 Å². The van der Waals surface area contributed by atoms with Crippen LogP contribution in [0.3, 0.4) is 0 Å². The summed E-state index contributed by atoms with van der Waals surface area (Å²) in [6.07, 6.45) is 0. The molecule has 0 amide bonds. The van der Waals surface area contributed by atoms with Crippen LogP contribution >= 0.6 is 15.9 Å². The molecule has 2 aromatic rings. The molecular weight excluding hydrogens is 314 g/mol. The first-order valence-corrected chi connectivity index (χ1v) is 7.29. The minimum absolute atomic E-state index is 0.441. The smallest absolute Gasteiger partial charge is 0.146 e. The molecule has 0 radical (unpaired) electrons. The van der Waals surface area contributed by atoms with E-state index in [0.717, 1.165) is 15.8 Å². The van der Waals surface area contributed by atoms with Crippen LogP contribution in [-0.4, -0.2) is 0 Å². The predicted octanol–water partition coefficient (Wildman–Crippen LogP) is 5.54. The first-order valence-electron chi connectivity index (χ1n) is 6.50. The van der Waals surface area contributed by atoms with Crippen LogP contribution in [0, 0.1) is 18.3 Å². The van der Waals surface area contributed by atoms with Crippen molar-refractivity contribution < 1.29 is 4.74 Å². The van der Waals surface area contributed by atoms with Gasteiger partial charge < -0.3 is 4.74 Å². The minimum Gasteiger partial charge on any atom is -0.456 e. The van der Waals surface area contributed by atoms with E-state index in [1.165, 1.54) is 5.56 Å². The number of benzene rings is 2. The highest BCUT2D eigenvalue weighted by Gasteiger charge is 2.11. The predicted molar refractivity (Wildman–Crippen MR) is 84.2 cm³/mol. The molecule has 3 heteroatoms. The Morgan fingerprint density at radius 1 is 1.15 bits per heavy atom. The van der Waals surface area contributed by atoms with Crippen LogP contribution in [0.25, 0.3) is 0 Å². The average molecular weight is 330 g/mol. The van der Waals surface area contributed by atoms with Gasteiger partial charge in [-0.25, -0.2) is 0 Å². The van der Waals surface area contributed by atoms with Crippen molar-refractivity contribution in [1.82, 2.24) is 0 Å². The van der Waals surface area contributed by atoms with Crippen LogP contribution < -0.4 is 4.74 Å². The third-order valence-electron chi connectivity index (χ3n) is 3.19. The molecule has 0 saturated heterocycles. The standard InChI is InChI=1S/C17H16BrNO/c1-11(2)13-8-7-12(3)17(9-13)20-16-6-4-5-15(18)14(16)10-19/h4-9,11H,1-3H3. The molecule has 0 aliphatic carbocycles. The molecule has 0 aliphatic heterocycles. The second-order valence-corrected chi connectivity index (χ2v) is 5.86. The summed E-state index contributed by atoms with van der Waals surface area (Å²) in [6, 6.07) is 13.9. The van der Waals surface area contributed by atoms with Crippen LogP contribution in [0.5, 0.6) is 11.5 Å². The van der Waals surface area contributed by atoms with Gasteiger partial charge in [-0.15, -0.1) is 0 Å². The van der Waals surface area contributed by atoms with E-state index in [1.807, 2.05) is 31.2 Å². The number of ether oxygens (including phenoxy) is 1. The van der Waals surface area contributed by atoms with Gasteiger partial charge in [0.2, 0.25) is 0 Å². The summed E-state index contributed by atoms with van der Waals surface area (Å²) in [5.74, 6) is 1.81. The molecule has 0 aromatic heterocycles. The van der Waals surface area contributed by atoms with Crippen molar-refractivity contribution in [3.05, 3.63) is 57.6 Å². The Bertz CT molecular complexity index is 671. The monoisotopic (exact) mass is 329 g/mol. The van der Waals surface area contributed by atoms with Crippen LogP contribution in [0.4, 0.5) is 0 Å². The minimum atomic E-state index is 0.441. The van der Waals surface area contributed by atoms with Gasteiger partial charge in [0.1, 0.15) is 23.1 Å². The van der Waals surface area contributed by atoms with Gasteiger partial charge >= 0.3 is 0 Å². The first-order chi connectivity index (χ1) is 9.52. The van der Waals surface area contributed by atoms with E-state index in [4.69, 9.17) is 4.74 Å². The van der Waals surface area contributed by atoms with Crippen LogP contribution in [0.15, 0.2) is 40.9 Å². The van der Waals surface area contributed by atoms with Crippen molar-refractivity contribution in [3.63, 3.8) is 0 Å². The molecule has 2 rings (SSSR count). The fourth-order valence-electron chi connectivity index (χ4n) is 1.90. The Hall–Kier alpha value is -1.79. The van der Waals surface area contributed by atoms with E-state index in [9.17, 15) is 5.26 Å². The molecule has 20 heavy (non-hydrogen) atoms. The maximum Gasteiger partial charge on any atom is 0.146 e. The molecule has 102 valence electrons. The van der Waals surface area contributed by atoms with E-state index >= 15 is 0 Å². The molecule has 0 fully saturated rings. The lowest BCUT2D eigenvalue weighted by Crippen LogP contribution is -1.94. The average Bonchev–Trinajstić information content (AvgIpc) is 2.41. The summed E-state index contributed by atoms with van der Waals surface area (Å²) in [7, 11) is 0. The number of nitriles is 1. The quantitative estimate of drug-likeness (QED) is 0.740. The van der Waals surface area contributed by atoms with Crippen LogP contribution in [0.2, 0.25) is 0 Å². The Morgan fingerprint density at radius 2 is 1.90 bits per heavy atom. The van der Waals surface area contributed by atoms with Crippen LogP contribution in [0.1, 0.15) is 36.5 Å². The van der Waals surface area contributed by atoms with Gasteiger partial charge in [0.05, 0.1) is 0 Å². The van der Waals surface area contributed by atoms with Crippen molar-refractivity contribution in [2.24, 2.45) is 0 Å². The normalized spacial score (nSPS) is 10.4. The summed E-state index contributed by atoms with van der Waals surface area (Å²) in [6.45, 7) is 6.30. The number of hydrogen-bond acceptors (Lipinski definition) is 2. The van der Waals surface area contributed by atoms with E-state index in [-0.39, 0.29) is 0 Å². The summed E-state index contributed by atoms with van der Waals surface area (Å²) >= 11 is 3.37. The van der Waals surface area contributed by atoms with Gasteiger partial charge in [0.25, 0.3) is 0 Å². The van der Waals surface area contributed by atoms with Gasteiger partial charge in [-0.05, 0) is 58.1 Å². The topological polar surface area (TPSA) is 33.0 Å². The third kappa shape index (κ3) is 3.02. The highest BCUT2D eigenvalue weighted by molar-refractivity contribution is 9.10. The SMILES string of the molecule is Cc1ccc(C(C)C)cc1Oc1cccc(Br)c1C#N. The zero-order valence-corrected chi connectivity index (χ0v) is 13.4. The Labute approximate surface area is 128 Å². The van der Waals surface area contributed by atoms with E-state index in [0.29, 0.717) is 17.2 Å². The summed E-state index contributed by atoms with van der Waals surface area (Å²) in [5, 5.41) is 9.23. The van der Waals surface area contributed by atoms with Crippen molar-refractivity contribution in [2.45, 2.75) is 26.7 Å². The molecule has 0 aliphatic rings. The summed E-state index contributed by atoms with van der Waals surface area (Å²) < 4.78 is 6.70. The third-order valence-corrected chi connectivity index (χ3v) is 3.85. The summed E-state index contributed by atoms with van der Waals surface area (Å²) in [4.78, 5) is 0. The lowest BCUT2D eigenvalue weighted by atomic mass is 10.0. The van der Waals surface area contributed by atoms with E-state index < -0.39 is 0 Å². The number of aryl methyl sites for hydroxylation is 1. The maximum atomic E-state index is 9.23. The number of nitrogens with zero attached hydrogens (tertiary/aromatic N) is 1. The van der Waals surface area contributed by atoms with Gasteiger partial charge in [-0.3, -0.25) is 0 Å². The zero-order valence-electron chi connectivity index (χ0n) is 11.8. The van der Waals surface area contributed by atoms with Gasteiger partial charge in [0.15, 0.2) is 0 Å². The molecule has 0 unspecified atom stereocenters. The number of rotatable bonds is 3. The molecule has 2 nitrogen and oxygen atoms in total. The zero-order chi connectivity index (χ0) is 14.7. The Kier molecular flexibility index (Phi) is 4.46. The number of hydrogen-bond donors (Lipinski definition) is 0. The van der Waals surface area contributed by atoms with Crippen LogP contribution in [-0.2, 0) is 0 Å². The fourth-order valence-corrected chi connectivity index (χ4v) is 2.34. The second-order valence-electron chi connectivity index (χ2n) is 5.01. The van der Waals surface area contributed by atoms with Gasteiger partial charge in [-0.1, -0.05) is 32.0 Å². The second kappa shape index (κ2) is 6.11.